The third-order valence-electron chi connectivity index (χ3n) is 1.84. The molecule has 1 aromatic heterocycles. The van der Waals surface area contributed by atoms with Crippen molar-refractivity contribution in [3.05, 3.63) is 28.7 Å². The molecule has 0 bridgehead atoms. The van der Waals surface area contributed by atoms with Crippen LogP contribution in [-0.2, 0) is 9.84 Å². The second-order valence-corrected chi connectivity index (χ2v) is 5.95. The Morgan fingerprint density at radius 1 is 1.25 bits per heavy atom. The molecule has 2 rings (SSSR count). The fourth-order valence-corrected chi connectivity index (χ4v) is 2.06. The lowest BCUT2D eigenvalue weighted by Gasteiger charge is -2.02. The van der Waals surface area contributed by atoms with Crippen LogP contribution in [0.4, 0.5) is 0 Å². The van der Waals surface area contributed by atoms with Gasteiger partial charge in [-0.2, -0.15) is 4.68 Å². The van der Waals surface area contributed by atoms with Crippen molar-refractivity contribution in [3.63, 3.8) is 0 Å². The van der Waals surface area contributed by atoms with Gasteiger partial charge in [0, 0.05) is 10.7 Å². The van der Waals surface area contributed by atoms with Crippen molar-refractivity contribution < 1.29 is 8.42 Å². The van der Waals surface area contributed by atoms with Gasteiger partial charge in [-0.15, -0.1) is 0 Å². The van der Waals surface area contributed by atoms with Crippen LogP contribution in [0, 0.1) is 0 Å². The number of halogens is 1. The van der Waals surface area contributed by atoms with Crippen LogP contribution in [0.3, 0.4) is 0 Å². The fourth-order valence-electron chi connectivity index (χ4n) is 1.15. The van der Waals surface area contributed by atoms with Gasteiger partial charge in [0.2, 0.25) is 9.84 Å². The quantitative estimate of drug-likeness (QED) is 0.821. The molecule has 0 aliphatic rings. The van der Waals surface area contributed by atoms with Gasteiger partial charge in [-0.25, -0.2) is 8.42 Å². The van der Waals surface area contributed by atoms with Crippen LogP contribution in [0.2, 0.25) is 0 Å². The highest BCUT2D eigenvalue weighted by Gasteiger charge is 2.18. The minimum Gasteiger partial charge on any atom is -0.221 e. The zero-order valence-corrected chi connectivity index (χ0v) is 10.6. The molecular formula is C8H7BrN4O2S. The number of aromatic nitrogens is 4. The topological polar surface area (TPSA) is 77.7 Å². The molecule has 0 saturated carbocycles. The third-order valence-corrected chi connectivity index (χ3v) is 3.29. The first-order chi connectivity index (χ1) is 7.48. The minimum atomic E-state index is -3.43. The summed E-state index contributed by atoms with van der Waals surface area (Å²) in [4.78, 5) is 0. The Morgan fingerprint density at radius 2 is 1.88 bits per heavy atom. The molecule has 16 heavy (non-hydrogen) atoms. The van der Waals surface area contributed by atoms with Crippen LogP contribution in [-0.4, -0.2) is 34.9 Å². The lowest BCUT2D eigenvalue weighted by Crippen LogP contribution is -2.08. The Kier molecular flexibility index (Phi) is 2.76. The average molecular weight is 303 g/mol. The van der Waals surface area contributed by atoms with Crippen molar-refractivity contribution in [2.45, 2.75) is 5.16 Å². The monoisotopic (exact) mass is 302 g/mol. The van der Waals surface area contributed by atoms with Crippen LogP contribution in [0.15, 0.2) is 33.9 Å². The zero-order chi connectivity index (χ0) is 11.8. The molecule has 0 aliphatic heterocycles. The first kappa shape index (κ1) is 11.2. The molecule has 0 atom stereocenters. The minimum absolute atomic E-state index is 0.171. The molecular weight excluding hydrogens is 296 g/mol. The van der Waals surface area contributed by atoms with Gasteiger partial charge < -0.3 is 0 Å². The highest BCUT2D eigenvalue weighted by molar-refractivity contribution is 9.10. The summed E-state index contributed by atoms with van der Waals surface area (Å²) in [6.07, 6.45) is 1.06. The average Bonchev–Trinajstić information content (AvgIpc) is 2.66. The summed E-state index contributed by atoms with van der Waals surface area (Å²) in [5.41, 5.74) is 0.591. The zero-order valence-electron chi connectivity index (χ0n) is 8.20. The summed E-state index contributed by atoms with van der Waals surface area (Å²) >= 11 is 3.29. The summed E-state index contributed by atoms with van der Waals surface area (Å²) in [6.45, 7) is 0. The predicted octanol–water partition coefficient (Wildman–Crippen LogP) is 0.828. The SMILES string of the molecule is CS(=O)(=O)c1nnnn1-c1ccc(Br)cc1. The Labute approximate surface area is 100 Å². The molecule has 0 fully saturated rings. The molecule has 6 nitrogen and oxygen atoms in total. The van der Waals surface area contributed by atoms with E-state index in [1.165, 1.54) is 4.68 Å². The maximum atomic E-state index is 11.4. The molecule has 8 heteroatoms. The lowest BCUT2D eigenvalue weighted by atomic mass is 10.3. The predicted molar refractivity (Wildman–Crippen MR) is 60.0 cm³/mol. The van der Waals surface area contributed by atoms with Gasteiger partial charge in [-0.05, 0) is 34.7 Å². The van der Waals surface area contributed by atoms with E-state index in [0.29, 0.717) is 5.69 Å². The Hall–Kier alpha value is -1.28. The van der Waals surface area contributed by atoms with E-state index in [-0.39, 0.29) is 5.16 Å². The Morgan fingerprint density at radius 3 is 2.44 bits per heavy atom. The first-order valence-electron chi connectivity index (χ1n) is 4.23. The molecule has 0 unspecified atom stereocenters. The summed E-state index contributed by atoms with van der Waals surface area (Å²) in [5.74, 6) is 0. The van der Waals surface area contributed by atoms with Gasteiger partial charge in [0.25, 0.3) is 5.16 Å². The maximum Gasteiger partial charge on any atom is 0.272 e. The second kappa shape index (κ2) is 3.95. The molecule has 84 valence electrons. The molecule has 1 aromatic carbocycles. The molecule has 0 aliphatic carbocycles. The maximum absolute atomic E-state index is 11.4. The molecule has 0 spiro atoms. The van der Waals surface area contributed by atoms with E-state index in [0.717, 1.165) is 10.7 Å². The summed E-state index contributed by atoms with van der Waals surface area (Å²) < 4.78 is 24.8. The number of hydrogen-bond acceptors (Lipinski definition) is 5. The van der Waals surface area contributed by atoms with Crippen LogP contribution in [0.5, 0.6) is 0 Å². The molecule has 0 saturated heterocycles. The smallest absolute Gasteiger partial charge is 0.221 e. The number of rotatable bonds is 2. The van der Waals surface area contributed by atoms with Crippen LogP contribution < -0.4 is 0 Å². The van der Waals surface area contributed by atoms with E-state index in [1.54, 1.807) is 24.3 Å². The van der Waals surface area contributed by atoms with E-state index in [2.05, 4.69) is 31.5 Å². The van der Waals surface area contributed by atoms with Gasteiger partial charge in [0.15, 0.2) is 0 Å². The number of sulfone groups is 1. The van der Waals surface area contributed by atoms with Crippen molar-refractivity contribution >= 4 is 25.8 Å². The molecule has 1 heterocycles. The largest absolute Gasteiger partial charge is 0.272 e. The Balaban J connectivity index is 2.58. The highest BCUT2D eigenvalue weighted by atomic mass is 79.9. The van der Waals surface area contributed by atoms with Gasteiger partial charge in [0.05, 0.1) is 5.69 Å². The van der Waals surface area contributed by atoms with Crippen molar-refractivity contribution in [2.75, 3.05) is 6.26 Å². The van der Waals surface area contributed by atoms with Gasteiger partial charge in [-0.1, -0.05) is 21.0 Å². The number of nitrogens with zero attached hydrogens (tertiary/aromatic N) is 4. The molecule has 0 radical (unpaired) electrons. The number of benzene rings is 1. The van der Waals surface area contributed by atoms with Crippen molar-refractivity contribution in [3.8, 4) is 5.69 Å². The van der Waals surface area contributed by atoms with Gasteiger partial charge in [-0.3, -0.25) is 0 Å². The standard InChI is InChI=1S/C8H7BrN4O2S/c1-16(14,15)8-10-11-12-13(8)7-4-2-6(9)3-5-7/h2-5H,1H3. The van der Waals surface area contributed by atoms with Crippen molar-refractivity contribution in [2.24, 2.45) is 0 Å². The van der Waals surface area contributed by atoms with E-state index >= 15 is 0 Å². The van der Waals surface area contributed by atoms with E-state index < -0.39 is 9.84 Å². The van der Waals surface area contributed by atoms with Crippen molar-refractivity contribution in [1.29, 1.82) is 0 Å². The third kappa shape index (κ3) is 2.12. The lowest BCUT2D eigenvalue weighted by molar-refractivity contribution is 0.586. The van der Waals surface area contributed by atoms with E-state index in [4.69, 9.17) is 0 Å². The molecule has 0 amide bonds. The van der Waals surface area contributed by atoms with E-state index in [1.807, 2.05) is 0 Å². The number of tetrazole rings is 1. The van der Waals surface area contributed by atoms with E-state index in [9.17, 15) is 8.42 Å². The van der Waals surface area contributed by atoms with Crippen LogP contribution in [0.25, 0.3) is 5.69 Å². The highest BCUT2D eigenvalue weighted by Crippen LogP contribution is 2.15. The van der Waals surface area contributed by atoms with Crippen LogP contribution in [0.1, 0.15) is 0 Å². The van der Waals surface area contributed by atoms with Crippen molar-refractivity contribution in [1.82, 2.24) is 20.2 Å². The van der Waals surface area contributed by atoms with Gasteiger partial charge >= 0.3 is 0 Å². The summed E-state index contributed by atoms with van der Waals surface area (Å²) in [7, 11) is -3.43. The summed E-state index contributed by atoms with van der Waals surface area (Å²) in [6, 6.07) is 7.00. The first-order valence-corrected chi connectivity index (χ1v) is 6.91. The fraction of sp³-hybridized carbons (Fsp3) is 0.125. The number of hydrogen-bond donors (Lipinski definition) is 0. The second-order valence-electron chi connectivity index (χ2n) is 3.12. The Bertz CT molecular complexity index is 605. The molecule has 0 N–H and O–H groups in total. The molecule has 2 aromatic rings. The summed E-state index contributed by atoms with van der Waals surface area (Å²) in [5, 5.41) is 10.3. The normalized spacial score (nSPS) is 11.6. The van der Waals surface area contributed by atoms with Gasteiger partial charge in [0.1, 0.15) is 0 Å². The van der Waals surface area contributed by atoms with Crippen LogP contribution >= 0.6 is 15.9 Å².